The van der Waals surface area contributed by atoms with E-state index in [0.29, 0.717) is 6.54 Å². The van der Waals surface area contributed by atoms with Gasteiger partial charge >= 0.3 is 0 Å². The van der Waals surface area contributed by atoms with E-state index in [0.717, 1.165) is 49.4 Å². The Bertz CT molecular complexity index is 879. The summed E-state index contributed by atoms with van der Waals surface area (Å²) in [5, 5.41) is 3.37. The summed E-state index contributed by atoms with van der Waals surface area (Å²) >= 11 is 0. The van der Waals surface area contributed by atoms with Crippen LogP contribution in [-0.2, 0) is 6.54 Å². The minimum atomic E-state index is 0.702. The molecule has 1 saturated heterocycles. The molecule has 144 valence electrons. The van der Waals surface area contributed by atoms with Crippen molar-refractivity contribution in [2.45, 2.75) is 6.54 Å². The Balaban J connectivity index is 1.34. The second-order valence-electron chi connectivity index (χ2n) is 6.63. The van der Waals surface area contributed by atoms with Gasteiger partial charge in [0.2, 0.25) is 0 Å². The lowest BCUT2D eigenvalue weighted by Crippen LogP contribution is -2.47. The molecular weight excluding hydrogens is 352 g/mol. The maximum Gasteiger partial charge on any atom is 0.134 e. The van der Waals surface area contributed by atoms with E-state index >= 15 is 0 Å². The van der Waals surface area contributed by atoms with E-state index in [9.17, 15) is 0 Å². The molecule has 0 spiro atoms. The molecule has 28 heavy (non-hydrogen) atoms. The van der Waals surface area contributed by atoms with Crippen molar-refractivity contribution in [3.8, 4) is 5.75 Å². The minimum Gasteiger partial charge on any atom is -0.497 e. The van der Waals surface area contributed by atoms with Crippen molar-refractivity contribution >= 4 is 17.5 Å². The Morgan fingerprint density at radius 1 is 0.893 bits per heavy atom. The average Bonchev–Trinajstić information content (AvgIpc) is 2.79. The van der Waals surface area contributed by atoms with Crippen LogP contribution in [0.15, 0.2) is 61.1 Å². The largest absolute Gasteiger partial charge is 0.497 e. The van der Waals surface area contributed by atoms with Crippen LogP contribution in [0.1, 0.15) is 5.56 Å². The highest BCUT2D eigenvalue weighted by Crippen LogP contribution is 2.19. The van der Waals surface area contributed by atoms with Crippen molar-refractivity contribution in [1.29, 1.82) is 0 Å². The molecule has 0 atom stereocenters. The second-order valence-corrected chi connectivity index (χ2v) is 6.63. The zero-order chi connectivity index (χ0) is 19.2. The molecule has 4 rings (SSSR count). The first-order chi connectivity index (χ1) is 13.8. The molecule has 3 aromatic rings. The fourth-order valence-electron chi connectivity index (χ4n) is 3.26. The van der Waals surface area contributed by atoms with Crippen LogP contribution in [0.3, 0.4) is 0 Å². The fraction of sp³-hybridized carbons (Fsp3) is 0.286. The molecule has 0 radical (unpaired) electrons. The summed E-state index contributed by atoms with van der Waals surface area (Å²) in [7, 11) is 1.67. The number of aromatic nitrogens is 3. The van der Waals surface area contributed by atoms with Gasteiger partial charge in [0.1, 0.15) is 29.5 Å². The number of methoxy groups -OCH3 is 1. The van der Waals surface area contributed by atoms with Crippen molar-refractivity contribution in [3.05, 3.63) is 66.6 Å². The molecule has 3 heterocycles. The Kier molecular flexibility index (Phi) is 5.51. The molecule has 2 aromatic heterocycles. The molecule has 0 unspecified atom stereocenters. The van der Waals surface area contributed by atoms with Gasteiger partial charge in [-0.05, 0) is 29.8 Å². The predicted octanol–water partition coefficient (Wildman–Crippen LogP) is 2.82. The van der Waals surface area contributed by atoms with E-state index in [2.05, 4.69) is 36.1 Å². The van der Waals surface area contributed by atoms with Crippen molar-refractivity contribution in [1.82, 2.24) is 15.0 Å². The topological polar surface area (TPSA) is 66.4 Å². The van der Waals surface area contributed by atoms with Gasteiger partial charge in [0.25, 0.3) is 0 Å². The number of benzene rings is 1. The monoisotopic (exact) mass is 376 g/mol. The molecule has 1 fully saturated rings. The third kappa shape index (κ3) is 4.31. The van der Waals surface area contributed by atoms with Crippen LogP contribution < -0.4 is 19.9 Å². The van der Waals surface area contributed by atoms with Gasteiger partial charge in [0.15, 0.2) is 0 Å². The van der Waals surface area contributed by atoms with E-state index < -0.39 is 0 Å². The van der Waals surface area contributed by atoms with Gasteiger partial charge in [-0.3, -0.25) is 0 Å². The van der Waals surface area contributed by atoms with Crippen molar-refractivity contribution in [2.75, 3.05) is 48.4 Å². The van der Waals surface area contributed by atoms with E-state index in [1.165, 1.54) is 5.56 Å². The standard InChI is InChI=1S/C21H24N6O/c1-28-18-7-5-17(6-8-18)15-23-19-14-21(25-16-24-19)27-12-10-26(11-13-27)20-4-2-3-9-22-20/h2-9,14,16H,10-13,15H2,1H3,(H,23,24,25). The van der Waals surface area contributed by atoms with Crippen molar-refractivity contribution in [3.63, 3.8) is 0 Å². The van der Waals surface area contributed by atoms with Crippen molar-refractivity contribution < 1.29 is 4.74 Å². The number of hydrogen-bond acceptors (Lipinski definition) is 7. The first-order valence-corrected chi connectivity index (χ1v) is 9.41. The fourth-order valence-corrected chi connectivity index (χ4v) is 3.26. The molecule has 0 saturated carbocycles. The predicted molar refractivity (Wildman–Crippen MR) is 111 cm³/mol. The lowest BCUT2D eigenvalue weighted by Gasteiger charge is -2.36. The number of nitrogens with zero attached hydrogens (tertiary/aromatic N) is 5. The third-order valence-corrected chi connectivity index (χ3v) is 4.86. The highest BCUT2D eigenvalue weighted by molar-refractivity contribution is 5.50. The molecule has 0 aliphatic carbocycles. The summed E-state index contributed by atoms with van der Waals surface area (Å²) < 4.78 is 5.20. The zero-order valence-corrected chi connectivity index (χ0v) is 16.0. The number of rotatable bonds is 6. The maximum absolute atomic E-state index is 5.20. The first-order valence-electron chi connectivity index (χ1n) is 9.41. The lowest BCUT2D eigenvalue weighted by atomic mass is 10.2. The number of ether oxygens (including phenoxy) is 1. The van der Waals surface area contributed by atoms with Gasteiger partial charge in [0, 0.05) is 45.0 Å². The minimum absolute atomic E-state index is 0.702. The van der Waals surface area contributed by atoms with Crippen LogP contribution in [0.2, 0.25) is 0 Å². The van der Waals surface area contributed by atoms with Gasteiger partial charge in [-0.25, -0.2) is 15.0 Å². The molecule has 0 bridgehead atoms. The summed E-state index contributed by atoms with van der Waals surface area (Å²) in [6.07, 6.45) is 3.46. The van der Waals surface area contributed by atoms with Crippen LogP contribution in [0.5, 0.6) is 5.75 Å². The van der Waals surface area contributed by atoms with Crippen LogP contribution in [-0.4, -0.2) is 48.2 Å². The van der Waals surface area contributed by atoms with Crippen LogP contribution in [0.25, 0.3) is 0 Å². The van der Waals surface area contributed by atoms with E-state index in [1.807, 2.05) is 48.7 Å². The summed E-state index contributed by atoms with van der Waals surface area (Å²) in [4.78, 5) is 17.9. The molecule has 1 aliphatic rings. The number of pyridine rings is 1. The Hall–Kier alpha value is -3.35. The SMILES string of the molecule is COc1ccc(CNc2cc(N3CCN(c4ccccn4)CC3)ncn2)cc1. The molecule has 7 heteroatoms. The van der Waals surface area contributed by atoms with Gasteiger partial charge in [0.05, 0.1) is 7.11 Å². The van der Waals surface area contributed by atoms with Gasteiger partial charge in [-0.1, -0.05) is 18.2 Å². The normalized spacial score (nSPS) is 14.0. The van der Waals surface area contributed by atoms with Gasteiger partial charge in [-0.2, -0.15) is 0 Å². The van der Waals surface area contributed by atoms with Crippen LogP contribution in [0.4, 0.5) is 17.5 Å². The number of nitrogens with one attached hydrogen (secondary N) is 1. The van der Waals surface area contributed by atoms with E-state index in [1.54, 1.807) is 13.4 Å². The smallest absolute Gasteiger partial charge is 0.134 e. The Morgan fingerprint density at radius 3 is 2.32 bits per heavy atom. The highest BCUT2D eigenvalue weighted by Gasteiger charge is 2.19. The number of hydrogen-bond donors (Lipinski definition) is 1. The quantitative estimate of drug-likeness (QED) is 0.709. The van der Waals surface area contributed by atoms with Gasteiger partial charge < -0.3 is 19.9 Å². The summed E-state index contributed by atoms with van der Waals surface area (Å²) in [5.41, 5.74) is 1.17. The van der Waals surface area contributed by atoms with E-state index in [4.69, 9.17) is 4.74 Å². The maximum atomic E-state index is 5.20. The van der Waals surface area contributed by atoms with E-state index in [-0.39, 0.29) is 0 Å². The summed E-state index contributed by atoms with van der Waals surface area (Å²) in [6, 6.07) is 16.1. The summed E-state index contributed by atoms with van der Waals surface area (Å²) in [5.74, 6) is 3.67. The molecule has 7 nitrogen and oxygen atoms in total. The molecule has 1 aliphatic heterocycles. The van der Waals surface area contributed by atoms with Crippen LogP contribution in [0, 0.1) is 0 Å². The summed E-state index contributed by atoms with van der Waals surface area (Å²) in [6.45, 7) is 4.37. The zero-order valence-electron chi connectivity index (χ0n) is 16.0. The first kappa shape index (κ1) is 18.0. The Labute approximate surface area is 165 Å². The molecule has 1 N–H and O–H groups in total. The molecule has 0 amide bonds. The second kappa shape index (κ2) is 8.56. The third-order valence-electron chi connectivity index (χ3n) is 4.86. The highest BCUT2D eigenvalue weighted by atomic mass is 16.5. The average molecular weight is 376 g/mol. The number of piperazine rings is 1. The molecular formula is C21H24N6O. The Morgan fingerprint density at radius 2 is 1.64 bits per heavy atom. The molecule has 1 aromatic carbocycles. The lowest BCUT2D eigenvalue weighted by molar-refractivity contribution is 0.414. The van der Waals surface area contributed by atoms with Crippen LogP contribution >= 0.6 is 0 Å². The van der Waals surface area contributed by atoms with Gasteiger partial charge in [-0.15, -0.1) is 0 Å². The number of anilines is 3. The van der Waals surface area contributed by atoms with Crippen molar-refractivity contribution in [2.24, 2.45) is 0 Å².